The fourth-order valence-corrected chi connectivity index (χ4v) is 7.03. The van der Waals surface area contributed by atoms with Crippen molar-refractivity contribution in [2.24, 2.45) is 0 Å². The van der Waals surface area contributed by atoms with Gasteiger partial charge in [-0.2, -0.15) is 5.26 Å². The van der Waals surface area contributed by atoms with E-state index >= 15 is 0 Å². The number of furan rings is 1. The van der Waals surface area contributed by atoms with E-state index in [1.807, 2.05) is 25.1 Å². The number of fused-ring (bicyclic) bond motifs is 1. The molecule has 0 unspecified atom stereocenters. The van der Waals surface area contributed by atoms with Gasteiger partial charge in [-0.15, -0.1) is 22.7 Å². The molecule has 1 aliphatic carbocycles. The summed E-state index contributed by atoms with van der Waals surface area (Å²) in [6.45, 7) is 5.68. The number of thiazole rings is 1. The van der Waals surface area contributed by atoms with Crippen molar-refractivity contribution in [3.8, 4) is 11.8 Å². The van der Waals surface area contributed by atoms with Crippen molar-refractivity contribution in [3.63, 3.8) is 0 Å². The second-order valence-corrected chi connectivity index (χ2v) is 11.6. The number of hydrogen-bond donors (Lipinski definition) is 1. The lowest BCUT2D eigenvalue weighted by Gasteiger charge is -2.12. The molecular formula is C30H27N3O5S2. The first-order valence-corrected chi connectivity index (χ1v) is 14.6. The average molecular weight is 574 g/mol. The first kappa shape index (κ1) is 27.4. The standard InChI is InChI=1S/C30H27N3O5S2/c1-4-37-30(36)25-21-7-5-6-8-23(21)39-27(25)32-26(34)22(16-31)29-33(19-12-9-17(2)10-13-19)28(35)24(40-29)15-20-14-11-18(3)38-20/h9-15H,4-8H2,1-3H3,(H,32,34)/b24-15+,29-22-. The van der Waals surface area contributed by atoms with E-state index in [1.165, 1.54) is 15.9 Å². The van der Waals surface area contributed by atoms with E-state index in [0.717, 1.165) is 53.0 Å². The Labute approximate surface area is 238 Å². The van der Waals surface area contributed by atoms with Crippen molar-refractivity contribution in [3.05, 3.63) is 89.0 Å². The zero-order chi connectivity index (χ0) is 28.4. The fraction of sp³-hybridized carbons (Fsp3) is 0.267. The van der Waals surface area contributed by atoms with Gasteiger partial charge in [0.1, 0.15) is 27.3 Å². The monoisotopic (exact) mass is 573 g/mol. The van der Waals surface area contributed by atoms with Crippen LogP contribution in [0.25, 0.3) is 17.3 Å². The molecular weight excluding hydrogens is 546 g/mol. The molecule has 1 aromatic carbocycles. The van der Waals surface area contributed by atoms with Crippen LogP contribution >= 0.6 is 22.7 Å². The van der Waals surface area contributed by atoms with E-state index in [2.05, 4.69) is 5.32 Å². The summed E-state index contributed by atoms with van der Waals surface area (Å²) in [5, 5.41) is 13.4. The molecule has 204 valence electrons. The summed E-state index contributed by atoms with van der Waals surface area (Å²) in [6.07, 6.45) is 5.11. The number of ether oxygens (including phenoxy) is 1. The van der Waals surface area contributed by atoms with Gasteiger partial charge < -0.3 is 14.5 Å². The summed E-state index contributed by atoms with van der Waals surface area (Å²) in [4.78, 5) is 41.2. The Morgan fingerprint density at radius 2 is 1.88 bits per heavy atom. The van der Waals surface area contributed by atoms with Crippen LogP contribution in [0, 0.1) is 25.2 Å². The molecule has 5 rings (SSSR count). The molecule has 0 aliphatic heterocycles. The predicted molar refractivity (Wildman–Crippen MR) is 155 cm³/mol. The minimum atomic E-state index is -0.700. The van der Waals surface area contributed by atoms with Gasteiger partial charge in [-0.1, -0.05) is 17.7 Å². The Morgan fingerprint density at radius 3 is 2.55 bits per heavy atom. The molecule has 3 heterocycles. The van der Waals surface area contributed by atoms with E-state index in [9.17, 15) is 19.6 Å². The summed E-state index contributed by atoms with van der Waals surface area (Å²) >= 11 is 2.38. The van der Waals surface area contributed by atoms with Crippen LogP contribution in [0.5, 0.6) is 0 Å². The number of hydrogen-bond acceptors (Lipinski definition) is 8. The molecule has 0 fully saturated rings. The maximum atomic E-state index is 13.7. The molecule has 0 saturated carbocycles. The number of nitrogens with one attached hydrogen (secondary N) is 1. The number of carbonyl (C=O) groups is 2. The lowest BCUT2D eigenvalue weighted by molar-refractivity contribution is -0.111. The van der Waals surface area contributed by atoms with Crippen LogP contribution in [0.4, 0.5) is 5.00 Å². The predicted octanol–water partition coefficient (Wildman–Crippen LogP) is 4.37. The molecule has 0 radical (unpaired) electrons. The molecule has 8 nitrogen and oxygen atoms in total. The summed E-state index contributed by atoms with van der Waals surface area (Å²) in [6, 6.07) is 12.8. The minimum Gasteiger partial charge on any atom is -0.462 e. The van der Waals surface area contributed by atoms with Gasteiger partial charge in [0.05, 0.1) is 22.4 Å². The summed E-state index contributed by atoms with van der Waals surface area (Å²) in [5.74, 6) is -0.00516. The largest absolute Gasteiger partial charge is 0.462 e. The average Bonchev–Trinajstić information content (AvgIpc) is 3.60. The van der Waals surface area contributed by atoms with E-state index < -0.39 is 11.9 Å². The van der Waals surface area contributed by atoms with Crippen LogP contribution in [-0.4, -0.2) is 23.1 Å². The Hall–Kier alpha value is -4.20. The fourth-order valence-electron chi connectivity index (χ4n) is 4.67. The number of anilines is 1. The SMILES string of the molecule is CCOC(=O)c1c(NC(=O)/C(C#N)=c2\s/c(=C/c3ccc(C)o3)c(=O)n2-c2ccc(C)cc2)sc2c1CCCC2. The summed E-state index contributed by atoms with van der Waals surface area (Å²) in [5.41, 5.74) is 2.17. The number of carbonyl (C=O) groups excluding carboxylic acids is 2. The van der Waals surface area contributed by atoms with Gasteiger partial charge in [0.15, 0.2) is 5.57 Å². The Bertz CT molecular complexity index is 1830. The third-order valence-corrected chi connectivity index (χ3v) is 8.88. The number of nitrogens with zero attached hydrogens (tertiary/aromatic N) is 2. The smallest absolute Gasteiger partial charge is 0.341 e. The number of aromatic nitrogens is 1. The van der Waals surface area contributed by atoms with E-state index in [1.54, 1.807) is 44.2 Å². The van der Waals surface area contributed by atoms with Gasteiger partial charge >= 0.3 is 5.97 Å². The maximum Gasteiger partial charge on any atom is 0.341 e. The number of nitriles is 1. The van der Waals surface area contributed by atoms with Crippen LogP contribution in [-0.2, 0) is 22.4 Å². The van der Waals surface area contributed by atoms with Crippen molar-refractivity contribution >= 4 is 51.2 Å². The molecule has 1 amide bonds. The Kier molecular flexibility index (Phi) is 7.87. The quantitative estimate of drug-likeness (QED) is 0.343. The first-order valence-electron chi connectivity index (χ1n) is 12.9. The minimum absolute atomic E-state index is 0.183. The van der Waals surface area contributed by atoms with Crippen molar-refractivity contribution in [1.82, 2.24) is 4.57 Å². The molecule has 40 heavy (non-hydrogen) atoms. The second-order valence-electron chi connectivity index (χ2n) is 9.42. The van der Waals surface area contributed by atoms with Crippen LogP contribution in [0.3, 0.4) is 0 Å². The van der Waals surface area contributed by atoms with Crippen LogP contribution in [0.1, 0.15) is 57.6 Å². The summed E-state index contributed by atoms with van der Waals surface area (Å²) in [7, 11) is 0. The van der Waals surface area contributed by atoms with Gasteiger partial charge in [0.2, 0.25) is 0 Å². The Balaban J connectivity index is 1.68. The molecule has 0 saturated heterocycles. The van der Waals surface area contributed by atoms with Crippen molar-refractivity contribution in [1.29, 1.82) is 5.26 Å². The van der Waals surface area contributed by atoms with Gasteiger partial charge in [0, 0.05) is 11.0 Å². The first-order chi connectivity index (χ1) is 19.3. The van der Waals surface area contributed by atoms with Gasteiger partial charge in [-0.25, -0.2) is 4.79 Å². The highest BCUT2D eigenvalue weighted by atomic mass is 32.1. The molecule has 3 aromatic heterocycles. The zero-order valence-corrected chi connectivity index (χ0v) is 24.0. The van der Waals surface area contributed by atoms with Gasteiger partial charge in [-0.3, -0.25) is 14.2 Å². The molecule has 0 atom stereocenters. The van der Waals surface area contributed by atoms with E-state index in [4.69, 9.17) is 9.15 Å². The molecule has 1 aliphatic rings. The molecule has 10 heteroatoms. The molecule has 1 N–H and O–H groups in total. The maximum absolute atomic E-state index is 13.7. The van der Waals surface area contributed by atoms with Gasteiger partial charge in [0.25, 0.3) is 11.5 Å². The number of amides is 1. The van der Waals surface area contributed by atoms with Crippen molar-refractivity contribution in [2.75, 3.05) is 11.9 Å². The third kappa shape index (κ3) is 5.30. The number of aryl methyl sites for hydroxylation is 3. The highest BCUT2D eigenvalue weighted by Crippen LogP contribution is 2.38. The molecule has 4 aromatic rings. The molecule has 0 bridgehead atoms. The number of benzene rings is 1. The van der Waals surface area contributed by atoms with Crippen molar-refractivity contribution < 1.29 is 18.7 Å². The number of esters is 1. The normalized spacial score (nSPS) is 13.9. The van der Waals surface area contributed by atoms with Gasteiger partial charge in [-0.05, 0) is 76.3 Å². The zero-order valence-electron chi connectivity index (χ0n) is 22.3. The number of rotatable bonds is 6. The van der Waals surface area contributed by atoms with E-state index in [-0.39, 0.29) is 22.4 Å². The lowest BCUT2D eigenvalue weighted by atomic mass is 9.95. The highest BCUT2D eigenvalue weighted by molar-refractivity contribution is 7.17. The van der Waals surface area contributed by atoms with Crippen molar-refractivity contribution in [2.45, 2.75) is 46.5 Å². The van der Waals surface area contributed by atoms with Crippen LogP contribution < -0.4 is 20.1 Å². The van der Waals surface area contributed by atoms with E-state index in [0.29, 0.717) is 32.3 Å². The van der Waals surface area contributed by atoms with Crippen LogP contribution in [0.15, 0.2) is 45.6 Å². The lowest BCUT2D eigenvalue weighted by Crippen LogP contribution is -2.32. The number of thiophene rings is 1. The Morgan fingerprint density at radius 1 is 1.12 bits per heavy atom. The van der Waals surface area contributed by atoms with Crippen LogP contribution in [0.2, 0.25) is 0 Å². The highest BCUT2D eigenvalue weighted by Gasteiger charge is 2.28. The third-order valence-electron chi connectivity index (χ3n) is 6.58. The topological polar surface area (TPSA) is 114 Å². The second kappa shape index (κ2) is 11.5. The molecule has 0 spiro atoms. The summed E-state index contributed by atoms with van der Waals surface area (Å²) < 4.78 is 12.8.